The summed E-state index contributed by atoms with van der Waals surface area (Å²) in [6.45, 7) is 4.36. The molecule has 1 aliphatic carbocycles. The zero-order chi connectivity index (χ0) is 9.42. The molecular weight excluding hydrogens is 159 g/mol. The standard InChI is InChI=1S/C11H15BO/c1-7-8-4-6-11(13)9(8)3-5-10(7)12-2/h3,5,11-13H,4,6H2,1-2H3/t11-/m1/s1. The maximum atomic E-state index is 9.67. The summed E-state index contributed by atoms with van der Waals surface area (Å²) in [5.74, 6) is 0. The molecule has 0 saturated carbocycles. The van der Waals surface area contributed by atoms with Crippen LogP contribution in [0.15, 0.2) is 12.1 Å². The largest absolute Gasteiger partial charge is 0.388 e. The van der Waals surface area contributed by atoms with E-state index in [0.29, 0.717) is 0 Å². The summed E-state index contributed by atoms with van der Waals surface area (Å²) in [4.78, 5) is 0. The normalized spacial score (nSPS) is 20.1. The molecule has 2 rings (SSSR count). The van der Waals surface area contributed by atoms with Gasteiger partial charge >= 0.3 is 0 Å². The molecular formula is C11H15BO. The van der Waals surface area contributed by atoms with E-state index in [4.69, 9.17) is 0 Å². The predicted molar refractivity (Wildman–Crippen MR) is 57.1 cm³/mol. The van der Waals surface area contributed by atoms with Crippen molar-refractivity contribution in [3.05, 3.63) is 28.8 Å². The topological polar surface area (TPSA) is 20.2 Å². The number of rotatable bonds is 1. The maximum absolute atomic E-state index is 9.67. The van der Waals surface area contributed by atoms with Crippen LogP contribution in [0.5, 0.6) is 0 Å². The summed E-state index contributed by atoms with van der Waals surface area (Å²) in [5.41, 5.74) is 5.38. The van der Waals surface area contributed by atoms with Crippen LogP contribution in [-0.2, 0) is 6.42 Å². The molecule has 0 aliphatic heterocycles. The highest BCUT2D eigenvalue weighted by molar-refractivity contribution is 6.52. The lowest BCUT2D eigenvalue weighted by Gasteiger charge is -2.09. The van der Waals surface area contributed by atoms with Gasteiger partial charge < -0.3 is 5.11 Å². The van der Waals surface area contributed by atoms with Gasteiger partial charge in [-0.15, -0.1) is 0 Å². The number of aliphatic hydroxyl groups excluding tert-OH is 1. The van der Waals surface area contributed by atoms with E-state index in [2.05, 4.69) is 25.9 Å². The zero-order valence-corrected chi connectivity index (χ0v) is 8.30. The van der Waals surface area contributed by atoms with Crippen LogP contribution < -0.4 is 5.46 Å². The third-order valence-corrected chi connectivity index (χ3v) is 3.15. The third kappa shape index (κ3) is 1.29. The van der Waals surface area contributed by atoms with E-state index in [1.165, 1.54) is 16.6 Å². The third-order valence-electron chi connectivity index (χ3n) is 3.15. The van der Waals surface area contributed by atoms with Crippen molar-refractivity contribution in [1.29, 1.82) is 0 Å². The van der Waals surface area contributed by atoms with Crippen LogP contribution in [0.25, 0.3) is 0 Å². The lowest BCUT2D eigenvalue weighted by molar-refractivity contribution is 0.180. The number of fused-ring (bicyclic) bond motifs is 1. The minimum absolute atomic E-state index is 0.209. The van der Waals surface area contributed by atoms with E-state index >= 15 is 0 Å². The fraction of sp³-hybridized carbons (Fsp3) is 0.455. The molecule has 0 unspecified atom stereocenters. The Bertz CT molecular complexity index is 333. The molecule has 0 radical (unpaired) electrons. The molecule has 1 N–H and O–H groups in total. The maximum Gasteiger partial charge on any atom is 0.154 e. The molecule has 2 heteroatoms. The van der Waals surface area contributed by atoms with Crippen LogP contribution in [0.2, 0.25) is 6.82 Å². The van der Waals surface area contributed by atoms with Crippen LogP contribution in [0.1, 0.15) is 29.2 Å². The monoisotopic (exact) mass is 174 g/mol. The second-order valence-electron chi connectivity index (χ2n) is 3.83. The first-order valence-electron chi connectivity index (χ1n) is 5.03. The molecule has 0 saturated heterocycles. The summed E-state index contributed by atoms with van der Waals surface area (Å²) >= 11 is 0. The smallest absolute Gasteiger partial charge is 0.154 e. The first kappa shape index (κ1) is 8.83. The molecule has 0 fully saturated rings. The summed E-state index contributed by atoms with van der Waals surface area (Å²) < 4.78 is 0. The van der Waals surface area contributed by atoms with Gasteiger partial charge in [0, 0.05) is 0 Å². The Morgan fingerprint density at radius 1 is 1.46 bits per heavy atom. The lowest BCUT2D eigenvalue weighted by Crippen LogP contribution is -2.16. The molecule has 0 heterocycles. The summed E-state index contributed by atoms with van der Waals surface area (Å²) in [6, 6.07) is 4.25. The first-order valence-corrected chi connectivity index (χ1v) is 5.03. The van der Waals surface area contributed by atoms with Crippen molar-refractivity contribution in [3.63, 3.8) is 0 Å². The van der Waals surface area contributed by atoms with E-state index in [0.717, 1.165) is 25.7 Å². The lowest BCUT2D eigenvalue weighted by atomic mass is 9.70. The van der Waals surface area contributed by atoms with E-state index < -0.39 is 0 Å². The van der Waals surface area contributed by atoms with Gasteiger partial charge in [0.2, 0.25) is 0 Å². The van der Waals surface area contributed by atoms with Crippen molar-refractivity contribution >= 4 is 12.7 Å². The van der Waals surface area contributed by atoms with Crippen LogP contribution in [0.4, 0.5) is 0 Å². The number of aliphatic hydroxyl groups is 1. The Labute approximate surface area is 80.0 Å². The van der Waals surface area contributed by atoms with Crippen molar-refractivity contribution < 1.29 is 5.11 Å². The Hall–Kier alpha value is -0.755. The van der Waals surface area contributed by atoms with Gasteiger partial charge in [-0.05, 0) is 30.9 Å². The molecule has 1 aromatic carbocycles. The molecule has 0 spiro atoms. The predicted octanol–water partition coefficient (Wildman–Crippen LogP) is 1.08. The molecule has 13 heavy (non-hydrogen) atoms. The zero-order valence-electron chi connectivity index (χ0n) is 8.30. The fourth-order valence-electron chi connectivity index (χ4n) is 2.29. The SMILES string of the molecule is CBc1ccc2c(c1C)CC[C@H]2O. The van der Waals surface area contributed by atoms with E-state index in [-0.39, 0.29) is 6.10 Å². The van der Waals surface area contributed by atoms with Crippen molar-refractivity contribution in [2.45, 2.75) is 32.7 Å². The number of hydrogen-bond acceptors (Lipinski definition) is 1. The minimum atomic E-state index is -0.209. The molecule has 0 aromatic heterocycles. The van der Waals surface area contributed by atoms with Crippen molar-refractivity contribution in [3.8, 4) is 0 Å². The number of hydrogen-bond donors (Lipinski definition) is 1. The second-order valence-corrected chi connectivity index (χ2v) is 3.83. The Balaban J connectivity index is 2.54. The average Bonchev–Trinajstić information content (AvgIpc) is 2.50. The molecule has 1 aromatic rings. The Kier molecular flexibility index (Phi) is 2.16. The molecule has 1 aliphatic rings. The van der Waals surface area contributed by atoms with Gasteiger partial charge in [-0.3, -0.25) is 0 Å². The van der Waals surface area contributed by atoms with Crippen LogP contribution >= 0.6 is 0 Å². The second kappa shape index (κ2) is 3.19. The quantitative estimate of drug-likeness (QED) is 0.631. The number of benzene rings is 1. The van der Waals surface area contributed by atoms with E-state index in [1.54, 1.807) is 0 Å². The van der Waals surface area contributed by atoms with Crippen LogP contribution in [-0.4, -0.2) is 12.4 Å². The van der Waals surface area contributed by atoms with Gasteiger partial charge in [0.05, 0.1) is 6.10 Å². The van der Waals surface area contributed by atoms with Gasteiger partial charge in [-0.25, -0.2) is 0 Å². The molecule has 1 nitrogen and oxygen atoms in total. The molecule has 0 bridgehead atoms. The highest BCUT2D eigenvalue weighted by Gasteiger charge is 2.22. The summed E-state index contributed by atoms with van der Waals surface area (Å²) in [7, 11) is 1.09. The van der Waals surface area contributed by atoms with Crippen molar-refractivity contribution in [2.24, 2.45) is 0 Å². The van der Waals surface area contributed by atoms with Gasteiger partial charge in [0.1, 0.15) is 0 Å². The van der Waals surface area contributed by atoms with Crippen LogP contribution in [0, 0.1) is 6.92 Å². The van der Waals surface area contributed by atoms with Crippen molar-refractivity contribution in [2.75, 3.05) is 0 Å². The average molecular weight is 174 g/mol. The van der Waals surface area contributed by atoms with E-state index in [1.807, 2.05) is 0 Å². The Morgan fingerprint density at radius 2 is 2.23 bits per heavy atom. The van der Waals surface area contributed by atoms with Gasteiger partial charge in [-0.2, -0.15) is 0 Å². The highest BCUT2D eigenvalue weighted by Crippen LogP contribution is 2.31. The molecule has 1 atom stereocenters. The van der Waals surface area contributed by atoms with Crippen LogP contribution in [0.3, 0.4) is 0 Å². The summed E-state index contributed by atoms with van der Waals surface area (Å²) in [5, 5.41) is 9.67. The van der Waals surface area contributed by atoms with Gasteiger partial charge in [0.15, 0.2) is 7.28 Å². The molecule has 68 valence electrons. The van der Waals surface area contributed by atoms with Crippen molar-refractivity contribution in [1.82, 2.24) is 0 Å². The van der Waals surface area contributed by atoms with Gasteiger partial charge in [-0.1, -0.05) is 30.0 Å². The Morgan fingerprint density at radius 3 is 2.92 bits per heavy atom. The minimum Gasteiger partial charge on any atom is -0.388 e. The van der Waals surface area contributed by atoms with E-state index in [9.17, 15) is 5.11 Å². The first-order chi connectivity index (χ1) is 6.24. The molecule has 0 amide bonds. The summed E-state index contributed by atoms with van der Waals surface area (Å²) in [6.07, 6.45) is 1.75. The highest BCUT2D eigenvalue weighted by atomic mass is 16.3. The fourth-order valence-corrected chi connectivity index (χ4v) is 2.29. The van der Waals surface area contributed by atoms with Gasteiger partial charge in [0.25, 0.3) is 0 Å².